The summed E-state index contributed by atoms with van der Waals surface area (Å²) < 4.78 is 0. The van der Waals surface area contributed by atoms with Gasteiger partial charge in [0, 0.05) is 12.1 Å². The zero-order valence-corrected chi connectivity index (χ0v) is 12.5. The van der Waals surface area contributed by atoms with Crippen molar-refractivity contribution in [3.05, 3.63) is 23.8 Å². The molecular formula is C16H23NO4. The van der Waals surface area contributed by atoms with Crippen molar-refractivity contribution < 1.29 is 20.1 Å². The van der Waals surface area contributed by atoms with Gasteiger partial charge >= 0.3 is 5.97 Å². The average molecular weight is 293 g/mol. The van der Waals surface area contributed by atoms with Crippen molar-refractivity contribution in [3.8, 4) is 11.5 Å². The molecule has 5 nitrogen and oxygen atoms in total. The predicted octanol–water partition coefficient (Wildman–Crippen LogP) is 2.74. The first-order valence-corrected chi connectivity index (χ1v) is 7.38. The van der Waals surface area contributed by atoms with Crippen molar-refractivity contribution in [3.63, 3.8) is 0 Å². The first-order chi connectivity index (χ1) is 9.88. The highest BCUT2D eigenvalue weighted by Crippen LogP contribution is 2.38. The molecule has 0 aromatic heterocycles. The Balaban J connectivity index is 2.09. The zero-order valence-electron chi connectivity index (χ0n) is 12.5. The summed E-state index contributed by atoms with van der Waals surface area (Å²) in [7, 11) is 0. The minimum atomic E-state index is -0.702. The van der Waals surface area contributed by atoms with Gasteiger partial charge in [-0.1, -0.05) is 6.92 Å². The van der Waals surface area contributed by atoms with Crippen molar-refractivity contribution in [1.29, 1.82) is 0 Å². The lowest BCUT2D eigenvalue weighted by atomic mass is 9.76. The topological polar surface area (TPSA) is 81.0 Å². The second kappa shape index (κ2) is 5.93. The van der Waals surface area contributed by atoms with Crippen LogP contribution < -0.4 is 0 Å². The molecule has 5 heteroatoms. The molecule has 0 spiro atoms. The molecule has 0 radical (unpaired) electrons. The molecule has 1 unspecified atom stereocenters. The molecule has 1 atom stereocenters. The third-order valence-corrected chi connectivity index (χ3v) is 4.84. The van der Waals surface area contributed by atoms with Gasteiger partial charge in [0.25, 0.3) is 0 Å². The van der Waals surface area contributed by atoms with E-state index in [1.807, 2.05) is 13.8 Å². The highest BCUT2D eigenvalue weighted by atomic mass is 16.4. The van der Waals surface area contributed by atoms with E-state index in [-0.39, 0.29) is 17.5 Å². The number of phenolic OH excluding ortho intramolecular Hbond substituents is 2. The number of hydrogen-bond acceptors (Lipinski definition) is 4. The van der Waals surface area contributed by atoms with E-state index >= 15 is 0 Å². The predicted molar refractivity (Wildman–Crippen MR) is 79.4 cm³/mol. The Hall–Kier alpha value is -1.75. The molecule has 1 saturated heterocycles. The second-order valence-electron chi connectivity index (χ2n) is 5.93. The van der Waals surface area contributed by atoms with Crippen LogP contribution in [-0.2, 0) is 4.79 Å². The van der Waals surface area contributed by atoms with Gasteiger partial charge < -0.3 is 15.3 Å². The molecule has 0 amide bonds. The van der Waals surface area contributed by atoms with Gasteiger partial charge in [-0.15, -0.1) is 0 Å². The summed E-state index contributed by atoms with van der Waals surface area (Å²) in [6, 6.07) is 4.62. The summed E-state index contributed by atoms with van der Waals surface area (Å²) in [6.45, 7) is 5.35. The van der Waals surface area contributed by atoms with Crippen LogP contribution >= 0.6 is 0 Å². The fourth-order valence-corrected chi connectivity index (χ4v) is 3.13. The van der Waals surface area contributed by atoms with E-state index in [1.54, 1.807) is 12.1 Å². The molecule has 1 aromatic carbocycles. The van der Waals surface area contributed by atoms with Crippen LogP contribution in [0.1, 0.15) is 44.7 Å². The molecule has 1 aromatic rings. The third kappa shape index (κ3) is 3.13. The largest absolute Gasteiger partial charge is 0.508 e. The number of phenols is 2. The number of carbonyl (C=O) groups is 1. The van der Waals surface area contributed by atoms with E-state index in [0.717, 1.165) is 5.56 Å². The number of rotatable bonds is 4. The van der Waals surface area contributed by atoms with Gasteiger partial charge in [0.15, 0.2) is 0 Å². The van der Waals surface area contributed by atoms with E-state index in [9.17, 15) is 20.1 Å². The molecule has 1 fully saturated rings. The van der Waals surface area contributed by atoms with Crippen LogP contribution in [0, 0.1) is 5.41 Å². The Morgan fingerprint density at radius 3 is 2.19 bits per heavy atom. The average Bonchev–Trinajstić information content (AvgIpc) is 2.45. The van der Waals surface area contributed by atoms with Crippen LogP contribution in [0.5, 0.6) is 11.5 Å². The van der Waals surface area contributed by atoms with Crippen LogP contribution in [0.15, 0.2) is 18.2 Å². The van der Waals surface area contributed by atoms with Gasteiger partial charge in [0.1, 0.15) is 11.5 Å². The second-order valence-corrected chi connectivity index (χ2v) is 5.93. The molecule has 3 N–H and O–H groups in total. The SMILES string of the molecule is CCC1(C(=O)O)CCN(C(C)c2cc(O)cc(O)c2)CC1. The van der Waals surface area contributed by atoms with E-state index in [0.29, 0.717) is 32.4 Å². The minimum absolute atomic E-state index is 0.0339. The number of aliphatic carboxylic acids is 1. The number of carboxylic acid groups (broad SMARTS) is 1. The highest BCUT2D eigenvalue weighted by molar-refractivity contribution is 5.74. The van der Waals surface area contributed by atoms with E-state index in [2.05, 4.69) is 4.90 Å². The smallest absolute Gasteiger partial charge is 0.309 e. The molecule has 116 valence electrons. The molecule has 21 heavy (non-hydrogen) atoms. The number of hydrogen-bond donors (Lipinski definition) is 3. The van der Waals surface area contributed by atoms with Crippen molar-refractivity contribution in [1.82, 2.24) is 4.90 Å². The standard InChI is InChI=1S/C16H23NO4/c1-3-16(15(20)21)4-6-17(7-5-16)11(2)12-8-13(18)10-14(19)9-12/h8-11,18-19H,3-7H2,1-2H3,(H,20,21). The van der Waals surface area contributed by atoms with E-state index in [4.69, 9.17) is 0 Å². The molecular weight excluding hydrogens is 270 g/mol. The van der Waals surface area contributed by atoms with Crippen LogP contribution in [0.3, 0.4) is 0 Å². The lowest BCUT2D eigenvalue weighted by Gasteiger charge is -2.41. The van der Waals surface area contributed by atoms with Crippen LogP contribution in [0.25, 0.3) is 0 Å². The third-order valence-electron chi connectivity index (χ3n) is 4.84. The van der Waals surface area contributed by atoms with Crippen LogP contribution in [0.4, 0.5) is 0 Å². The van der Waals surface area contributed by atoms with Gasteiger partial charge in [-0.2, -0.15) is 0 Å². The molecule has 0 aliphatic carbocycles. The van der Waals surface area contributed by atoms with Crippen molar-refractivity contribution in [2.24, 2.45) is 5.41 Å². The molecule has 1 heterocycles. The van der Waals surface area contributed by atoms with Crippen molar-refractivity contribution >= 4 is 5.97 Å². The quantitative estimate of drug-likeness (QED) is 0.795. The van der Waals surface area contributed by atoms with E-state index < -0.39 is 11.4 Å². The number of aromatic hydroxyl groups is 2. The summed E-state index contributed by atoms with van der Waals surface area (Å²) >= 11 is 0. The fourth-order valence-electron chi connectivity index (χ4n) is 3.13. The summed E-state index contributed by atoms with van der Waals surface area (Å²) in [4.78, 5) is 13.7. The molecule has 0 bridgehead atoms. The maximum atomic E-state index is 11.5. The van der Waals surface area contributed by atoms with Gasteiger partial charge in [-0.05, 0) is 57.0 Å². The van der Waals surface area contributed by atoms with Crippen LogP contribution in [-0.4, -0.2) is 39.3 Å². The number of benzene rings is 1. The number of likely N-dealkylation sites (tertiary alicyclic amines) is 1. The first kappa shape index (κ1) is 15.6. The molecule has 2 rings (SSSR count). The Kier molecular flexibility index (Phi) is 4.42. The Morgan fingerprint density at radius 2 is 1.76 bits per heavy atom. The Morgan fingerprint density at radius 1 is 1.24 bits per heavy atom. The van der Waals surface area contributed by atoms with Gasteiger partial charge in [0.05, 0.1) is 5.41 Å². The monoisotopic (exact) mass is 293 g/mol. The summed E-state index contributed by atoms with van der Waals surface area (Å²) in [5.74, 6) is -0.614. The van der Waals surface area contributed by atoms with Gasteiger partial charge in [-0.3, -0.25) is 9.69 Å². The maximum absolute atomic E-state index is 11.5. The van der Waals surface area contributed by atoms with Gasteiger partial charge in [0.2, 0.25) is 0 Å². The molecule has 1 aliphatic heterocycles. The van der Waals surface area contributed by atoms with Gasteiger partial charge in [-0.25, -0.2) is 0 Å². The lowest BCUT2D eigenvalue weighted by Crippen LogP contribution is -2.44. The zero-order chi connectivity index (χ0) is 15.6. The first-order valence-electron chi connectivity index (χ1n) is 7.38. The summed E-state index contributed by atoms with van der Waals surface area (Å²) in [5.41, 5.74) is 0.240. The summed E-state index contributed by atoms with van der Waals surface area (Å²) in [6.07, 6.45) is 1.92. The number of carboxylic acids is 1. The highest BCUT2D eigenvalue weighted by Gasteiger charge is 2.40. The Labute approximate surface area is 124 Å². The molecule has 1 aliphatic rings. The van der Waals surface area contributed by atoms with Crippen molar-refractivity contribution in [2.45, 2.75) is 39.2 Å². The lowest BCUT2D eigenvalue weighted by molar-refractivity contribution is -0.152. The van der Waals surface area contributed by atoms with Crippen molar-refractivity contribution in [2.75, 3.05) is 13.1 Å². The maximum Gasteiger partial charge on any atom is 0.309 e. The number of nitrogens with zero attached hydrogens (tertiary/aromatic N) is 1. The van der Waals surface area contributed by atoms with Crippen LogP contribution in [0.2, 0.25) is 0 Å². The normalized spacial score (nSPS) is 20.1. The van der Waals surface area contributed by atoms with E-state index in [1.165, 1.54) is 6.07 Å². The number of piperidine rings is 1. The fraction of sp³-hybridized carbons (Fsp3) is 0.562. The summed E-state index contributed by atoms with van der Waals surface area (Å²) in [5, 5.41) is 28.6. The Bertz CT molecular complexity index is 501. The molecule has 0 saturated carbocycles. The minimum Gasteiger partial charge on any atom is -0.508 e.